The van der Waals surface area contributed by atoms with Gasteiger partial charge in [-0.3, -0.25) is 29.3 Å². The second-order valence-corrected chi connectivity index (χ2v) is 15.9. The number of aromatic nitrogens is 2. The Morgan fingerprint density at radius 1 is 0.833 bits per heavy atom. The van der Waals surface area contributed by atoms with Gasteiger partial charge in [0, 0.05) is 37.7 Å². The van der Waals surface area contributed by atoms with Crippen LogP contribution in [0.1, 0.15) is 130 Å². The van der Waals surface area contributed by atoms with Gasteiger partial charge in [0.25, 0.3) is 5.91 Å². The number of Topliss-reactive ketones (excluding diaryl/α,β-unsaturated/α-hetero) is 1. The van der Waals surface area contributed by atoms with Crippen LogP contribution in [-0.4, -0.2) is 61.9 Å². The van der Waals surface area contributed by atoms with E-state index in [4.69, 9.17) is 0 Å². The quantitative estimate of drug-likeness (QED) is 0.104. The van der Waals surface area contributed by atoms with E-state index in [2.05, 4.69) is 26.3 Å². The number of amides is 1. The number of carboxylic acids is 1. The van der Waals surface area contributed by atoms with E-state index in [1.807, 2.05) is 69.4 Å². The average Bonchev–Trinajstić information content (AvgIpc) is 4.11. The van der Waals surface area contributed by atoms with Crippen LogP contribution in [0.2, 0.25) is 0 Å². The molecular formula is C45H52N4O5. The van der Waals surface area contributed by atoms with Crippen molar-refractivity contribution in [3.63, 3.8) is 0 Å². The van der Waals surface area contributed by atoms with Crippen molar-refractivity contribution in [2.75, 3.05) is 18.5 Å². The Morgan fingerprint density at radius 3 is 2.19 bits per heavy atom. The number of aliphatic hydroxyl groups excluding tert-OH is 1. The van der Waals surface area contributed by atoms with Gasteiger partial charge >= 0.3 is 5.97 Å². The van der Waals surface area contributed by atoms with Crippen molar-refractivity contribution in [3.8, 4) is 11.1 Å². The van der Waals surface area contributed by atoms with Gasteiger partial charge in [-0.25, -0.2) is 0 Å². The maximum atomic E-state index is 13.8. The van der Waals surface area contributed by atoms with Gasteiger partial charge in [-0.15, -0.1) is 0 Å². The molecule has 9 heteroatoms. The molecule has 3 N–H and O–H groups in total. The number of ketones is 1. The number of piperidine rings is 1. The molecule has 4 aromatic rings. The van der Waals surface area contributed by atoms with Crippen LogP contribution in [0.25, 0.3) is 11.1 Å². The molecule has 2 atom stereocenters. The highest BCUT2D eigenvalue weighted by Crippen LogP contribution is 2.43. The molecule has 1 aliphatic heterocycles. The van der Waals surface area contributed by atoms with Gasteiger partial charge < -0.3 is 15.5 Å². The summed E-state index contributed by atoms with van der Waals surface area (Å²) in [6.45, 7) is 7.55. The zero-order valence-corrected chi connectivity index (χ0v) is 31.7. The van der Waals surface area contributed by atoms with Crippen LogP contribution in [0.3, 0.4) is 0 Å². The molecule has 0 spiro atoms. The summed E-state index contributed by atoms with van der Waals surface area (Å²) in [6, 6.07) is 15.4. The van der Waals surface area contributed by atoms with Crippen molar-refractivity contribution in [2.45, 2.75) is 109 Å². The summed E-state index contributed by atoms with van der Waals surface area (Å²) in [4.78, 5) is 50.5. The number of benzene rings is 2. The topological polar surface area (TPSA) is 133 Å². The van der Waals surface area contributed by atoms with Crippen LogP contribution >= 0.6 is 0 Å². The summed E-state index contributed by atoms with van der Waals surface area (Å²) in [7, 11) is 0. The number of nitrogens with zero attached hydrogens (tertiary/aromatic N) is 3. The highest BCUT2D eigenvalue weighted by Gasteiger charge is 2.32. The number of carbonyl (C=O) groups excluding carboxylic acids is 2. The third-order valence-corrected chi connectivity index (χ3v) is 11.8. The standard InChI is InChI=1S/C45H52N4O5/c1-27(26-50)13-14-33-23-47-41(22-37(33)30-15-16-30)44(52)48-39-11-7-10-36(29(39)3)35-9-6-8-32(28(35)2)20-43(51)40-21-38(31-17-18-31)34(24-46-40)25-49-19-5-4-12-42(49)45(53)54/h6-11,21-24,27,30-31,42,50H,4-5,12-20,25-26H2,1-3H3,(H,48,52)(H,53,54)/t27-,42-/m0/s1. The van der Waals surface area contributed by atoms with E-state index in [0.717, 1.165) is 96.9 Å². The lowest BCUT2D eigenvalue weighted by molar-refractivity contribution is -0.144. The molecule has 282 valence electrons. The third kappa shape index (κ3) is 8.48. The second kappa shape index (κ2) is 16.3. The predicted octanol–water partition coefficient (Wildman–Crippen LogP) is 8.19. The van der Waals surface area contributed by atoms with Crippen LogP contribution in [0.15, 0.2) is 60.9 Å². The summed E-state index contributed by atoms with van der Waals surface area (Å²) in [5.41, 5.74) is 10.9. The molecule has 1 amide bonds. The fraction of sp³-hybridized carbons (Fsp3) is 0.444. The number of hydrogen-bond donors (Lipinski definition) is 3. The first-order chi connectivity index (χ1) is 26.1. The monoisotopic (exact) mass is 728 g/mol. The Hall–Kier alpha value is -4.73. The van der Waals surface area contributed by atoms with Gasteiger partial charge in [-0.05, 0) is 158 Å². The van der Waals surface area contributed by atoms with Crippen molar-refractivity contribution < 1.29 is 24.6 Å². The van der Waals surface area contributed by atoms with Gasteiger partial charge in [0.1, 0.15) is 17.4 Å². The zero-order valence-electron chi connectivity index (χ0n) is 31.7. The smallest absolute Gasteiger partial charge is 0.320 e. The van der Waals surface area contributed by atoms with Gasteiger partial charge in [0.15, 0.2) is 5.78 Å². The molecule has 3 aliphatic rings. The molecule has 2 aliphatic carbocycles. The number of aliphatic carboxylic acids is 1. The summed E-state index contributed by atoms with van der Waals surface area (Å²) >= 11 is 0. The van der Waals surface area contributed by atoms with Crippen molar-refractivity contribution in [2.24, 2.45) is 5.92 Å². The van der Waals surface area contributed by atoms with E-state index in [1.54, 1.807) is 6.20 Å². The van der Waals surface area contributed by atoms with E-state index in [0.29, 0.717) is 41.9 Å². The largest absolute Gasteiger partial charge is 0.480 e. The Bertz CT molecular complexity index is 2050. The molecule has 3 heterocycles. The lowest BCUT2D eigenvalue weighted by Gasteiger charge is -2.33. The highest BCUT2D eigenvalue weighted by molar-refractivity contribution is 6.04. The first kappa shape index (κ1) is 37.6. The van der Waals surface area contributed by atoms with Crippen LogP contribution < -0.4 is 5.32 Å². The maximum Gasteiger partial charge on any atom is 0.320 e. The number of aliphatic hydroxyl groups is 1. The number of likely N-dealkylation sites (tertiary alicyclic amines) is 1. The Balaban J connectivity index is 1.07. The SMILES string of the molecule is Cc1c(CC(=O)c2cc(C3CC3)c(CN3CCCC[C@H]3C(=O)O)cn2)cccc1-c1cccc(NC(=O)c2cc(C3CC3)c(CC[C@H](C)CO)cn2)c1C. The molecule has 7 rings (SSSR count). The molecular weight excluding hydrogens is 677 g/mol. The predicted molar refractivity (Wildman–Crippen MR) is 210 cm³/mol. The fourth-order valence-corrected chi connectivity index (χ4v) is 8.02. The summed E-state index contributed by atoms with van der Waals surface area (Å²) in [6.07, 6.45) is 12.5. The van der Waals surface area contributed by atoms with Gasteiger partial charge in [-0.1, -0.05) is 43.7 Å². The lowest BCUT2D eigenvalue weighted by Crippen LogP contribution is -2.44. The number of carboxylic acid groups (broad SMARTS) is 1. The second-order valence-electron chi connectivity index (χ2n) is 15.9. The van der Waals surface area contributed by atoms with E-state index >= 15 is 0 Å². The average molecular weight is 729 g/mol. The minimum atomic E-state index is -0.770. The molecule has 54 heavy (non-hydrogen) atoms. The first-order valence-corrected chi connectivity index (χ1v) is 19.7. The lowest BCUT2D eigenvalue weighted by atomic mass is 9.90. The van der Waals surface area contributed by atoms with E-state index in [9.17, 15) is 24.6 Å². The number of pyridine rings is 2. The first-order valence-electron chi connectivity index (χ1n) is 19.7. The summed E-state index contributed by atoms with van der Waals surface area (Å²) in [5, 5.41) is 22.4. The van der Waals surface area contributed by atoms with Gasteiger partial charge in [0.2, 0.25) is 0 Å². The number of nitrogens with one attached hydrogen (secondary N) is 1. The zero-order chi connectivity index (χ0) is 37.9. The van der Waals surface area contributed by atoms with Crippen LogP contribution in [0.4, 0.5) is 5.69 Å². The molecule has 0 radical (unpaired) electrons. The van der Waals surface area contributed by atoms with Crippen LogP contribution in [0.5, 0.6) is 0 Å². The molecule has 2 saturated carbocycles. The maximum absolute atomic E-state index is 13.8. The highest BCUT2D eigenvalue weighted by atomic mass is 16.4. The normalized spacial score (nSPS) is 18.0. The Morgan fingerprint density at radius 2 is 1.48 bits per heavy atom. The molecule has 0 bridgehead atoms. The number of anilines is 1. The van der Waals surface area contributed by atoms with Crippen molar-refractivity contribution >= 4 is 23.3 Å². The molecule has 3 fully saturated rings. The summed E-state index contributed by atoms with van der Waals surface area (Å²) < 4.78 is 0. The summed E-state index contributed by atoms with van der Waals surface area (Å²) in [5.74, 6) is 0.0282. The van der Waals surface area contributed by atoms with Crippen molar-refractivity contribution in [3.05, 3.63) is 111 Å². The molecule has 2 aromatic carbocycles. The van der Waals surface area contributed by atoms with Crippen LogP contribution in [-0.2, 0) is 24.2 Å². The van der Waals surface area contributed by atoms with Gasteiger partial charge in [0.05, 0.1) is 0 Å². The number of rotatable bonds is 15. The van der Waals surface area contributed by atoms with E-state index < -0.39 is 12.0 Å². The van der Waals surface area contributed by atoms with E-state index in [-0.39, 0.29) is 30.6 Å². The molecule has 2 aromatic heterocycles. The van der Waals surface area contributed by atoms with Crippen molar-refractivity contribution in [1.82, 2.24) is 14.9 Å². The molecule has 9 nitrogen and oxygen atoms in total. The Labute approximate surface area is 318 Å². The van der Waals surface area contributed by atoms with E-state index in [1.165, 1.54) is 11.1 Å². The number of aryl methyl sites for hydroxylation is 1. The van der Waals surface area contributed by atoms with Gasteiger partial charge in [-0.2, -0.15) is 0 Å². The fourth-order valence-electron chi connectivity index (χ4n) is 8.02. The third-order valence-electron chi connectivity index (χ3n) is 11.8. The number of carbonyl (C=O) groups is 3. The minimum Gasteiger partial charge on any atom is -0.480 e. The van der Waals surface area contributed by atoms with Crippen molar-refractivity contribution in [1.29, 1.82) is 0 Å². The molecule has 1 saturated heterocycles. The number of hydrogen-bond acceptors (Lipinski definition) is 7. The minimum absolute atomic E-state index is 0.0465. The Kier molecular flexibility index (Phi) is 11.4. The van der Waals surface area contributed by atoms with Crippen LogP contribution in [0, 0.1) is 19.8 Å². The molecule has 0 unspecified atom stereocenters.